The van der Waals surface area contributed by atoms with E-state index in [1.54, 1.807) is 42.5 Å². The predicted molar refractivity (Wildman–Crippen MR) is 95.7 cm³/mol. The van der Waals surface area contributed by atoms with Gasteiger partial charge < -0.3 is 5.11 Å². The number of hydrogen-bond acceptors (Lipinski definition) is 3. The highest BCUT2D eigenvalue weighted by atomic mass is 35.5. The molecule has 1 heterocycles. The van der Waals surface area contributed by atoms with Crippen LogP contribution in [0.1, 0.15) is 5.56 Å². The molecule has 0 fully saturated rings. The molecule has 8 heteroatoms. The summed E-state index contributed by atoms with van der Waals surface area (Å²) in [5.74, 6) is -1.27. The van der Waals surface area contributed by atoms with Crippen molar-refractivity contribution in [3.63, 3.8) is 0 Å². The maximum Gasteiger partial charge on any atom is 0.332 e. The van der Waals surface area contributed by atoms with Crippen LogP contribution in [0, 0.1) is 0 Å². The van der Waals surface area contributed by atoms with E-state index < -0.39 is 23.8 Å². The highest BCUT2D eigenvalue weighted by molar-refractivity contribution is 6.42. The minimum atomic E-state index is -1.27. The molecule has 0 atom stereocenters. The fourth-order valence-corrected chi connectivity index (χ4v) is 2.94. The molecule has 1 N–H and O–H groups in total. The molecular formula is C17H12Cl2N2O4. The van der Waals surface area contributed by atoms with Crippen LogP contribution in [0.3, 0.4) is 0 Å². The number of rotatable bonds is 4. The molecule has 0 aliphatic carbocycles. The topological polar surface area (TPSA) is 81.3 Å². The Morgan fingerprint density at radius 3 is 2.40 bits per heavy atom. The van der Waals surface area contributed by atoms with Crippen molar-refractivity contribution < 1.29 is 9.90 Å². The van der Waals surface area contributed by atoms with Crippen LogP contribution in [-0.4, -0.2) is 20.2 Å². The van der Waals surface area contributed by atoms with Crippen LogP contribution >= 0.6 is 23.2 Å². The van der Waals surface area contributed by atoms with Crippen LogP contribution in [0.25, 0.3) is 10.9 Å². The van der Waals surface area contributed by atoms with Gasteiger partial charge >= 0.3 is 11.7 Å². The van der Waals surface area contributed by atoms with Crippen molar-refractivity contribution in [2.24, 2.45) is 0 Å². The van der Waals surface area contributed by atoms with Crippen molar-refractivity contribution >= 4 is 40.1 Å². The number of carbonyl (C=O) groups is 1. The van der Waals surface area contributed by atoms with Gasteiger partial charge in [-0.25, -0.2) is 9.36 Å². The summed E-state index contributed by atoms with van der Waals surface area (Å²) in [4.78, 5) is 36.2. The molecule has 3 rings (SSSR count). The van der Waals surface area contributed by atoms with Crippen molar-refractivity contribution in [3.8, 4) is 0 Å². The van der Waals surface area contributed by atoms with Gasteiger partial charge in [-0.15, -0.1) is 0 Å². The van der Waals surface area contributed by atoms with Crippen LogP contribution < -0.4 is 11.2 Å². The second kappa shape index (κ2) is 6.74. The molecule has 0 bridgehead atoms. The van der Waals surface area contributed by atoms with E-state index in [1.165, 1.54) is 4.57 Å². The van der Waals surface area contributed by atoms with Crippen LogP contribution in [-0.2, 0) is 17.9 Å². The van der Waals surface area contributed by atoms with Crippen molar-refractivity contribution in [3.05, 3.63) is 78.9 Å². The van der Waals surface area contributed by atoms with Crippen molar-refractivity contribution in [1.29, 1.82) is 0 Å². The van der Waals surface area contributed by atoms with E-state index in [4.69, 9.17) is 28.3 Å². The normalized spacial score (nSPS) is 11.0. The maximum atomic E-state index is 12.7. The lowest BCUT2D eigenvalue weighted by Gasteiger charge is -2.13. The van der Waals surface area contributed by atoms with E-state index in [0.717, 1.165) is 0 Å². The summed E-state index contributed by atoms with van der Waals surface area (Å²) in [7, 11) is 0. The first-order chi connectivity index (χ1) is 11.9. The average Bonchev–Trinajstić information content (AvgIpc) is 2.58. The van der Waals surface area contributed by atoms with Gasteiger partial charge in [-0.2, -0.15) is 0 Å². The Morgan fingerprint density at radius 1 is 1.00 bits per heavy atom. The van der Waals surface area contributed by atoms with E-state index in [2.05, 4.69) is 0 Å². The number of hydrogen-bond donors (Lipinski definition) is 1. The molecule has 0 aliphatic rings. The van der Waals surface area contributed by atoms with Gasteiger partial charge in [0.1, 0.15) is 6.54 Å². The number of carboxylic acid groups (broad SMARTS) is 1. The highest BCUT2D eigenvalue weighted by Crippen LogP contribution is 2.23. The molecule has 25 heavy (non-hydrogen) atoms. The van der Waals surface area contributed by atoms with E-state index in [1.807, 2.05) is 0 Å². The quantitative estimate of drug-likeness (QED) is 0.756. The van der Waals surface area contributed by atoms with Gasteiger partial charge in [0.25, 0.3) is 5.56 Å². The minimum Gasteiger partial charge on any atom is -0.480 e. The monoisotopic (exact) mass is 378 g/mol. The molecule has 0 aliphatic heterocycles. The van der Waals surface area contributed by atoms with Gasteiger partial charge in [-0.3, -0.25) is 14.2 Å². The first-order valence-electron chi connectivity index (χ1n) is 7.26. The fraction of sp³-hybridized carbons (Fsp3) is 0.118. The lowest BCUT2D eigenvalue weighted by atomic mass is 10.2. The summed E-state index contributed by atoms with van der Waals surface area (Å²) >= 11 is 11.9. The minimum absolute atomic E-state index is 0.121. The first-order valence-corrected chi connectivity index (χ1v) is 8.02. The van der Waals surface area contributed by atoms with Crippen molar-refractivity contribution in [2.45, 2.75) is 13.1 Å². The summed E-state index contributed by atoms with van der Waals surface area (Å²) in [5, 5.41) is 9.99. The molecule has 3 aromatic rings. The van der Waals surface area contributed by atoms with E-state index in [-0.39, 0.29) is 11.9 Å². The molecule has 0 spiro atoms. The Hall–Kier alpha value is -2.57. The van der Waals surface area contributed by atoms with Gasteiger partial charge in [0.05, 0.1) is 27.5 Å². The maximum absolute atomic E-state index is 12.7. The second-order valence-corrected chi connectivity index (χ2v) is 6.23. The molecule has 0 unspecified atom stereocenters. The third-order valence-corrected chi connectivity index (χ3v) is 4.49. The largest absolute Gasteiger partial charge is 0.480 e. The van der Waals surface area contributed by atoms with Gasteiger partial charge in [-0.05, 0) is 29.8 Å². The van der Waals surface area contributed by atoms with Gasteiger partial charge in [0.15, 0.2) is 0 Å². The average molecular weight is 379 g/mol. The van der Waals surface area contributed by atoms with Gasteiger partial charge in [0.2, 0.25) is 0 Å². The van der Waals surface area contributed by atoms with Gasteiger partial charge in [-0.1, -0.05) is 41.4 Å². The lowest BCUT2D eigenvalue weighted by molar-refractivity contribution is -0.137. The Morgan fingerprint density at radius 2 is 1.72 bits per heavy atom. The standard InChI is InChI=1S/C17H12Cl2N2O4/c18-12-6-5-10(7-13(12)19)8-20-14-4-2-1-3-11(14)16(24)21(17(20)25)9-15(22)23/h1-7H,8-9H2,(H,22,23). The molecule has 1 aromatic heterocycles. The van der Waals surface area contributed by atoms with Gasteiger partial charge in [0, 0.05) is 0 Å². The number of nitrogens with zero attached hydrogens (tertiary/aromatic N) is 2. The number of aromatic nitrogens is 2. The number of benzene rings is 2. The summed E-state index contributed by atoms with van der Waals surface area (Å²) in [5.41, 5.74) is -0.210. The number of halogens is 2. The summed E-state index contributed by atoms with van der Waals surface area (Å²) < 4.78 is 2.06. The van der Waals surface area contributed by atoms with Crippen LogP contribution in [0.5, 0.6) is 0 Å². The molecule has 0 amide bonds. The number of fused-ring (bicyclic) bond motifs is 1. The smallest absolute Gasteiger partial charge is 0.332 e. The predicted octanol–water partition coefficient (Wildman–Crippen LogP) is 2.60. The third-order valence-electron chi connectivity index (χ3n) is 3.75. The van der Waals surface area contributed by atoms with Crippen molar-refractivity contribution in [2.75, 3.05) is 0 Å². The zero-order valence-corrected chi connectivity index (χ0v) is 14.3. The molecular weight excluding hydrogens is 367 g/mol. The summed E-state index contributed by atoms with van der Waals surface area (Å²) in [6.45, 7) is -0.583. The Balaban J connectivity index is 2.25. The van der Waals surface area contributed by atoms with E-state index in [9.17, 15) is 14.4 Å². The highest BCUT2D eigenvalue weighted by Gasteiger charge is 2.15. The Labute approximate surface area is 151 Å². The zero-order valence-electron chi connectivity index (χ0n) is 12.8. The lowest BCUT2D eigenvalue weighted by Crippen LogP contribution is -2.41. The zero-order chi connectivity index (χ0) is 18.1. The van der Waals surface area contributed by atoms with Crippen LogP contribution in [0.15, 0.2) is 52.1 Å². The van der Waals surface area contributed by atoms with Crippen LogP contribution in [0.4, 0.5) is 0 Å². The SMILES string of the molecule is O=C(O)Cn1c(=O)c2ccccc2n(Cc2ccc(Cl)c(Cl)c2)c1=O. The summed E-state index contributed by atoms with van der Waals surface area (Å²) in [6, 6.07) is 11.5. The number of aliphatic carboxylic acids is 1. The first kappa shape index (κ1) is 17.3. The number of carboxylic acids is 1. The molecule has 2 aromatic carbocycles. The van der Waals surface area contributed by atoms with E-state index >= 15 is 0 Å². The molecule has 0 saturated carbocycles. The van der Waals surface area contributed by atoms with Crippen molar-refractivity contribution in [1.82, 2.24) is 9.13 Å². The molecule has 0 radical (unpaired) electrons. The van der Waals surface area contributed by atoms with E-state index in [0.29, 0.717) is 25.7 Å². The molecule has 6 nitrogen and oxygen atoms in total. The Kier molecular flexibility index (Phi) is 4.65. The molecule has 0 saturated heterocycles. The fourth-order valence-electron chi connectivity index (χ4n) is 2.62. The third kappa shape index (κ3) is 3.31. The van der Waals surface area contributed by atoms with Crippen LogP contribution in [0.2, 0.25) is 10.0 Å². The summed E-state index contributed by atoms with van der Waals surface area (Å²) in [6.07, 6.45) is 0. The Bertz CT molecular complexity index is 1100. The number of para-hydroxylation sites is 1. The molecule has 128 valence electrons. The second-order valence-electron chi connectivity index (χ2n) is 5.42.